The zero-order chi connectivity index (χ0) is 19.0. The SMILES string of the molecule is O=C(CCO)N1C[C@@H]2C[C@@H](O)CN2C2(C1)CN(C(=O)Cc1ccccc1)C2. The van der Waals surface area contributed by atoms with Crippen LogP contribution >= 0.6 is 0 Å². The number of nitrogens with zero attached hydrogens (tertiary/aromatic N) is 3. The van der Waals surface area contributed by atoms with E-state index in [0.29, 0.717) is 45.6 Å². The normalized spacial score (nSPS) is 26.7. The molecule has 2 N–H and O–H groups in total. The largest absolute Gasteiger partial charge is 0.396 e. The van der Waals surface area contributed by atoms with Gasteiger partial charge in [0.15, 0.2) is 0 Å². The number of amides is 2. The zero-order valence-corrected chi connectivity index (χ0v) is 15.5. The summed E-state index contributed by atoms with van der Waals surface area (Å²) in [4.78, 5) is 31.0. The van der Waals surface area contributed by atoms with Gasteiger partial charge in [0.25, 0.3) is 0 Å². The molecular weight excluding hydrogens is 346 g/mol. The summed E-state index contributed by atoms with van der Waals surface area (Å²) < 4.78 is 0. The number of hydrogen-bond acceptors (Lipinski definition) is 5. The number of fused-ring (bicyclic) bond motifs is 2. The molecule has 2 amide bonds. The Bertz CT molecular complexity index is 704. The van der Waals surface area contributed by atoms with Crippen LogP contribution < -0.4 is 0 Å². The standard InChI is InChI=1S/C20H27N3O4/c24-7-6-18(26)21-10-16-9-17(25)11-23(16)20(12-21)13-22(14-20)19(27)8-15-4-2-1-3-5-15/h1-5,16-17,24-25H,6-14H2/t16-,17+/m0/s1. The van der Waals surface area contributed by atoms with E-state index >= 15 is 0 Å². The second kappa shape index (κ2) is 7.22. The highest BCUT2D eigenvalue weighted by atomic mass is 16.3. The van der Waals surface area contributed by atoms with Crippen LogP contribution in [-0.4, -0.2) is 93.7 Å². The summed E-state index contributed by atoms with van der Waals surface area (Å²) in [6, 6.07) is 9.84. The van der Waals surface area contributed by atoms with E-state index in [2.05, 4.69) is 4.90 Å². The third-order valence-corrected chi connectivity index (χ3v) is 6.12. The van der Waals surface area contributed by atoms with Gasteiger partial charge in [0.05, 0.1) is 24.7 Å². The number of piperazine rings is 1. The van der Waals surface area contributed by atoms with Gasteiger partial charge in [-0.2, -0.15) is 0 Å². The maximum atomic E-state index is 12.6. The fraction of sp³-hybridized carbons (Fsp3) is 0.600. The van der Waals surface area contributed by atoms with Crippen LogP contribution in [0.2, 0.25) is 0 Å². The number of rotatable bonds is 4. The third-order valence-electron chi connectivity index (χ3n) is 6.12. The van der Waals surface area contributed by atoms with Crippen molar-refractivity contribution in [3.8, 4) is 0 Å². The minimum atomic E-state index is -0.381. The Kier molecular flexibility index (Phi) is 4.92. The van der Waals surface area contributed by atoms with E-state index in [0.717, 1.165) is 5.56 Å². The van der Waals surface area contributed by atoms with Gasteiger partial charge in [0.2, 0.25) is 11.8 Å². The van der Waals surface area contributed by atoms with Gasteiger partial charge in [-0.25, -0.2) is 0 Å². The minimum Gasteiger partial charge on any atom is -0.396 e. The Hall–Kier alpha value is -1.96. The molecule has 3 saturated heterocycles. The quantitative estimate of drug-likeness (QED) is 0.741. The molecular formula is C20H27N3O4. The van der Waals surface area contributed by atoms with Crippen molar-refractivity contribution < 1.29 is 19.8 Å². The highest BCUT2D eigenvalue weighted by Gasteiger charge is 2.57. The van der Waals surface area contributed by atoms with Crippen LogP contribution in [0.25, 0.3) is 0 Å². The highest BCUT2D eigenvalue weighted by molar-refractivity contribution is 5.80. The van der Waals surface area contributed by atoms with Gasteiger partial charge in [-0.3, -0.25) is 14.5 Å². The monoisotopic (exact) mass is 373 g/mol. The molecule has 4 rings (SSSR count). The summed E-state index contributed by atoms with van der Waals surface area (Å²) in [6.07, 6.45) is 0.787. The number of likely N-dealkylation sites (tertiary alicyclic amines) is 1. The fourth-order valence-corrected chi connectivity index (χ4v) is 4.86. The maximum absolute atomic E-state index is 12.6. The van der Waals surface area contributed by atoms with E-state index in [1.807, 2.05) is 40.1 Å². The van der Waals surface area contributed by atoms with Crippen molar-refractivity contribution in [2.75, 3.05) is 39.3 Å². The van der Waals surface area contributed by atoms with E-state index in [-0.39, 0.29) is 42.5 Å². The average Bonchev–Trinajstić information content (AvgIpc) is 3.00. The molecule has 1 aromatic carbocycles. The fourth-order valence-electron chi connectivity index (χ4n) is 4.86. The highest BCUT2D eigenvalue weighted by Crippen LogP contribution is 2.39. The van der Waals surface area contributed by atoms with Crippen molar-refractivity contribution >= 4 is 11.8 Å². The van der Waals surface area contributed by atoms with Crippen molar-refractivity contribution in [1.29, 1.82) is 0 Å². The number of aliphatic hydroxyl groups excluding tert-OH is 2. The molecule has 7 nitrogen and oxygen atoms in total. The molecule has 0 radical (unpaired) electrons. The molecule has 0 saturated carbocycles. The molecule has 0 aliphatic carbocycles. The number of β-amino-alcohol motifs (C(OH)–C–C–N with tert-alkyl or cyclic N) is 1. The van der Waals surface area contributed by atoms with Crippen LogP contribution in [0.4, 0.5) is 0 Å². The van der Waals surface area contributed by atoms with Gasteiger partial charge in [0.1, 0.15) is 0 Å². The summed E-state index contributed by atoms with van der Waals surface area (Å²) in [5.41, 5.74) is 0.735. The smallest absolute Gasteiger partial charge is 0.227 e. The first kappa shape index (κ1) is 18.4. The Morgan fingerprint density at radius 2 is 1.74 bits per heavy atom. The summed E-state index contributed by atoms with van der Waals surface area (Å²) in [6.45, 7) is 2.78. The van der Waals surface area contributed by atoms with Crippen molar-refractivity contribution in [1.82, 2.24) is 14.7 Å². The molecule has 3 fully saturated rings. The molecule has 7 heteroatoms. The molecule has 0 bridgehead atoms. The molecule has 1 spiro atoms. The Balaban J connectivity index is 1.45. The van der Waals surface area contributed by atoms with E-state index in [1.165, 1.54) is 0 Å². The van der Waals surface area contributed by atoms with Crippen molar-refractivity contribution in [2.45, 2.75) is 36.9 Å². The lowest BCUT2D eigenvalue weighted by Gasteiger charge is -2.60. The number of aliphatic hydroxyl groups is 2. The van der Waals surface area contributed by atoms with Crippen molar-refractivity contribution in [3.63, 3.8) is 0 Å². The Morgan fingerprint density at radius 1 is 1.04 bits per heavy atom. The zero-order valence-electron chi connectivity index (χ0n) is 15.5. The number of benzene rings is 1. The van der Waals surface area contributed by atoms with Crippen LogP contribution in [0, 0.1) is 0 Å². The molecule has 0 aromatic heterocycles. The summed E-state index contributed by atoms with van der Waals surface area (Å²) in [7, 11) is 0. The van der Waals surface area contributed by atoms with E-state index in [4.69, 9.17) is 5.11 Å². The molecule has 3 aliphatic heterocycles. The third kappa shape index (κ3) is 3.47. The van der Waals surface area contributed by atoms with Gasteiger partial charge in [-0.1, -0.05) is 30.3 Å². The summed E-state index contributed by atoms with van der Waals surface area (Å²) in [5, 5.41) is 19.2. The van der Waals surface area contributed by atoms with Crippen LogP contribution in [0.3, 0.4) is 0 Å². The first-order valence-electron chi connectivity index (χ1n) is 9.66. The van der Waals surface area contributed by atoms with Gasteiger partial charge in [0, 0.05) is 45.2 Å². The summed E-state index contributed by atoms with van der Waals surface area (Å²) >= 11 is 0. The van der Waals surface area contributed by atoms with E-state index in [1.54, 1.807) is 0 Å². The molecule has 146 valence electrons. The van der Waals surface area contributed by atoms with Crippen LogP contribution in [0.5, 0.6) is 0 Å². The Morgan fingerprint density at radius 3 is 2.44 bits per heavy atom. The van der Waals surface area contributed by atoms with Gasteiger partial charge >= 0.3 is 0 Å². The lowest BCUT2D eigenvalue weighted by Crippen LogP contribution is -2.79. The first-order chi connectivity index (χ1) is 13.0. The maximum Gasteiger partial charge on any atom is 0.227 e. The molecule has 3 aliphatic rings. The van der Waals surface area contributed by atoms with Crippen molar-refractivity contribution in [2.24, 2.45) is 0 Å². The predicted molar refractivity (Wildman–Crippen MR) is 98.9 cm³/mol. The first-order valence-corrected chi connectivity index (χ1v) is 9.66. The molecule has 3 heterocycles. The second-order valence-corrected chi connectivity index (χ2v) is 8.08. The predicted octanol–water partition coefficient (Wildman–Crippen LogP) is -0.530. The molecule has 2 atom stereocenters. The topological polar surface area (TPSA) is 84.3 Å². The number of carbonyl (C=O) groups is 2. The van der Waals surface area contributed by atoms with E-state index < -0.39 is 0 Å². The van der Waals surface area contributed by atoms with Crippen LogP contribution in [0.1, 0.15) is 18.4 Å². The van der Waals surface area contributed by atoms with Gasteiger partial charge in [-0.15, -0.1) is 0 Å². The average molecular weight is 373 g/mol. The molecule has 1 aromatic rings. The number of hydrogen-bond donors (Lipinski definition) is 2. The lowest BCUT2D eigenvalue weighted by molar-refractivity contribution is -0.161. The second-order valence-electron chi connectivity index (χ2n) is 8.08. The van der Waals surface area contributed by atoms with Crippen LogP contribution in [-0.2, 0) is 16.0 Å². The number of carbonyl (C=O) groups excluding carboxylic acids is 2. The lowest BCUT2D eigenvalue weighted by atomic mass is 9.83. The molecule has 0 unspecified atom stereocenters. The van der Waals surface area contributed by atoms with Gasteiger partial charge < -0.3 is 20.0 Å². The summed E-state index contributed by atoms with van der Waals surface area (Å²) in [5.74, 6) is 0.0499. The minimum absolute atomic E-state index is 0.0491. The Labute approximate surface area is 159 Å². The van der Waals surface area contributed by atoms with Crippen LogP contribution in [0.15, 0.2) is 30.3 Å². The molecule has 27 heavy (non-hydrogen) atoms. The van der Waals surface area contributed by atoms with Crippen molar-refractivity contribution in [3.05, 3.63) is 35.9 Å². The van der Waals surface area contributed by atoms with E-state index in [9.17, 15) is 14.7 Å². The van der Waals surface area contributed by atoms with Gasteiger partial charge in [-0.05, 0) is 12.0 Å².